The van der Waals surface area contributed by atoms with Crippen molar-refractivity contribution < 1.29 is 13.2 Å². The third-order valence-electron chi connectivity index (χ3n) is 3.24. The molecule has 0 heterocycles. The van der Waals surface area contributed by atoms with Crippen LogP contribution in [0.25, 0.3) is 0 Å². The van der Waals surface area contributed by atoms with Crippen LogP contribution in [0.4, 0.5) is 5.69 Å². The van der Waals surface area contributed by atoms with E-state index in [0.29, 0.717) is 23.2 Å². The van der Waals surface area contributed by atoms with Gasteiger partial charge in [0.05, 0.1) is 28.3 Å². The summed E-state index contributed by atoms with van der Waals surface area (Å²) in [7, 11) is -1.57. The van der Waals surface area contributed by atoms with Crippen molar-refractivity contribution in [2.24, 2.45) is 5.92 Å². The van der Waals surface area contributed by atoms with Crippen molar-refractivity contribution in [3.8, 4) is 0 Å². The second kappa shape index (κ2) is 5.69. The van der Waals surface area contributed by atoms with Gasteiger partial charge in [0.1, 0.15) is 0 Å². The molecule has 1 atom stereocenters. The lowest BCUT2D eigenvalue weighted by molar-refractivity contribution is 0.179. The van der Waals surface area contributed by atoms with E-state index >= 15 is 0 Å². The lowest BCUT2D eigenvalue weighted by Crippen LogP contribution is -2.27. The number of rotatable bonds is 6. The minimum absolute atomic E-state index is 0.178. The fourth-order valence-electron chi connectivity index (χ4n) is 2.02. The van der Waals surface area contributed by atoms with Crippen LogP contribution < -0.4 is 5.32 Å². The summed E-state index contributed by atoms with van der Waals surface area (Å²) < 4.78 is 28.3. The Morgan fingerprint density at radius 3 is 2.68 bits per heavy atom. The zero-order chi connectivity index (χ0) is 14.0. The Morgan fingerprint density at radius 1 is 1.47 bits per heavy atom. The van der Waals surface area contributed by atoms with Gasteiger partial charge >= 0.3 is 0 Å². The minimum atomic E-state index is -3.22. The zero-order valence-corrected chi connectivity index (χ0v) is 12.6. The molecule has 2 rings (SSSR count). The number of sulfone groups is 1. The second-order valence-corrected chi connectivity index (χ2v) is 7.38. The van der Waals surface area contributed by atoms with Gasteiger partial charge in [0.25, 0.3) is 0 Å². The molecular weight excluding hydrogens is 286 g/mol. The van der Waals surface area contributed by atoms with Crippen molar-refractivity contribution in [1.29, 1.82) is 0 Å². The van der Waals surface area contributed by atoms with E-state index in [0.717, 1.165) is 0 Å². The number of methoxy groups -OCH3 is 1. The highest BCUT2D eigenvalue weighted by Gasteiger charge is 2.31. The molecule has 1 aliphatic carbocycles. The maximum Gasteiger partial charge on any atom is 0.175 e. The van der Waals surface area contributed by atoms with Gasteiger partial charge in [-0.25, -0.2) is 8.42 Å². The van der Waals surface area contributed by atoms with Crippen molar-refractivity contribution in [2.75, 3.05) is 25.3 Å². The molecule has 1 saturated carbocycles. The molecule has 1 aromatic carbocycles. The summed E-state index contributed by atoms with van der Waals surface area (Å²) in [5.74, 6) is 0.581. The Kier molecular flexibility index (Phi) is 4.38. The van der Waals surface area contributed by atoms with Crippen LogP contribution in [-0.4, -0.2) is 34.4 Å². The van der Waals surface area contributed by atoms with E-state index in [9.17, 15) is 8.42 Å². The lowest BCUT2D eigenvalue weighted by Gasteiger charge is -2.20. The number of benzene rings is 1. The monoisotopic (exact) mass is 303 g/mol. The smallest absolute Gasteiger partial charge is 0.175 e. The molecule has 0 aromatic heterocycles. The van der Waals surface area contributed by atoms with Crippen LogP contribution in [-0.2, 0) is 14.6 Å². The summed E-state index contributed by atoms with van der Waals surface area (Å²) in [6.07, 6.45) is 3.53. The van der Waals surface area contributed by atoms with Gasteiger partial charge in [-0.3, -0.25) is 0 Å². The summed E-state index contributed by atoms with van der Waals surface area (Å²) in [6, 6.07) is 4.89. The van der Waals surface area contributed by atoms with Crippen molar-refractivity contribution >= 4 is 27.1 Å². The van der Waals surface area contributed by atoms with E-state index in [-0.39, 0.29) is 10.9 Å². The van der Waals surface area contributed by atoms with E-state index in [4.69, 9.17) is 16.3 Å². The SMILES string of the molecule is COCC(Nc1cc(S(C)(=O)=O)ccc1Cl)C1CC1. The quantitative estimate of drug-likeness (QED) is 0.877. The van der Waals surface area contributed by atoms with E-state index in [1.165, 1.54) is 25.2 Å². The van der Waals surface area contributed by atoms with Gasteiger partial charge in [0.2, 0.25) is 0 Å². The van der Waals surface area contributed by atoms with Gasteiger partial charge in [-0.05, 0) is 37.0 Å². The first-order valence-electron chi connectivity index (χ1n) is 6.17. The lowest BCUT2D eigenvalue weighted by atomic mass is 10.2. The van der Waals surface area contributed by atoms with Gasteiger partial charge < -0.3 is 10.1 Å². The van der Waals surface area contributed by atoms with Crippen LogP contribution in [0.1, 0.15) is 12.8 Å². The van der Waals surface area contributed by atoms with Crippen molar-refractivity contribution in [3.63, 3.8) is 0 Å². The molecule has 0 amide bonds. The first kappa shape index (κ1) is 14.6. The van der Waals surface area contributed by atoms with E-state index in [1.807, 2.05) is 0 Å². The van der Waals surface area contributed by atoms with Crippen LogP contribution in [0.2, 0.25) is 5.02 Å². The van der Waals surface area contributed by atoms with Gasteiger partial charge in [-0.2, -0.15) is 0 Å². The summed E-state index contributed by atoms with van der Waals surface area (Å²) in [6.45, 7) is 0.587. The Hall–Kier alpha value is -0.780. The van der Waals surface area contributed by atoms with Crippen LogP contribution >= 0.6 is 11.6 Å². The molecule has 1 N–H and O–H groups in total. The highest BCUT2D eigenvalue weighted by molar-refractivity contribution is 7.90. The fraction of sp³-hybridized carbons (Fsp3) is 0.538. The van der Waals surface area contributed by atoms with Crippen molar-refractivity contribution in [1.82, 2.24) is 0 Å². The van der Waals surface area contributed by atoms with Gasteiger partial charge in [0.15, 0.2) is 9.84 Å². The number of halogens is 1. The highest BCUT2D eigenvalue weighted by atomic mass is 35.5. The minimum Gasteiger partial charge on any atom is -0.383 e. The Morgan fingerprint density at radius 2 is 2.16 bits per heavy atom. The fourth-order valence-corrected chi connectivity index (χ4v) is 2.84. The topological polar surface area (TPSA) is 55.4 Å². The number of hydrogen-bond donors (Lipinski definition) is 1. The number of ether oxygens (including phenoxy) is 1. The predicted octanol–water partition coefficient (Wildman–Crippen LogP) is 2.58. The van der Waals surface area contributed by atoms with E-state index < -0.39 is 9.84 Å². The summed E-state index contributed by atoms with van der Waals surface area (Å²) >= 11 is 6.12. The molecule has 0 radical (unpaired) electrons. The normalized spacial score (nSPS) is 17.2. The van der Waals surface area contributed by atoms with Crippen LogP contribution in [0.15, 0.2) is 23.1 Å². The Labute approximate surface area is 119 Å². The average Bonchev–Trinajstić information content (AvgIpc) is 3.13. The number of anilines is 1. The third kappa shape index (κ3) is 3.84. The summed E-state index contributed by atoms with van der Waals surface area (Å²) in [5.41, 5.74) is 0.651. The summed E-state index contributed by atoms with van der Waals surface area (Å²) in [4.78, 5) is 0.270. The molecule has 1 fully saturated rings. The molecule has 0 aliphatic heterocycles. The molecule has 19 heavy (non-hydrogen) atoms. The molecule has 0 spiro atoms. The largest absolute Gasteiger partial charge is 0.383 e. The van der Waals surface area contributed by atoms with Gasteiger partial charge in [-0.15, -0.1) is 0 Å². The van der Waals surface area contributed by atoms with Gasteiger partial charge in [-0.1, -0.05) is 11.6 Å². The standard InChI is InChI=1S/C13H18ClNO3S/c1-18-8-13(9-3-4-9)15-12-7-10(19(2,16)17)5-6-11(12)14/h5-7,9,13,15H,3-4,8H2,1-2H3. The van der Waals surface area contributed by atoms with Crippen LogP contribution in [0.3, 0.4) is 0 Å². The molecule has 106 valence electrons. The molecule has 0 bridgehead atoms. The summed E-state index contributed by atoms with van der Waals surface area (Å²) in [5, 5.41) is 3.82. The Bertz CT molecular complexity index is 555. The maximum atomic E-state index is 11.6. The first-order valence-corrected chi connectivity index (χ1v) is 8.44. The molecular formula is C13H18ClNO3S. The van der Waals surface area contributed by atoms with Crippen molar-refractivity contribution in [2.45, 2.75) is 23.8 Å². The van der Waals surface area contributed by atoms with Crippen molar-refractivity contribution in [3.05, 3.63) is 23.2 Å². The molecule has 0 saturated heterocycles. The third-order valence-corrected chi connectivity index (χ3v) is 4.68. The molecule has 4 nitrogen and oxygen atoms in total. The van der Waals surface area contributed by atoms with E-state index in [2.05, 4.69) is 5.32 Å². The van der Waals surface area contributed by atoms with E-state index in [1.54, 1.807) is 19.2 Å². The highest BCUT2D eigenvalue weighted by Crippen LogP contribution is 2.36. The number of hydrogen-bond acceptors (Lipinski definition) is 4. The molecule has 1 aromatic rings. The Balaban J connectivity index is 2.23. The van der Waals surface area contributed by atoms with Gasteiger partial charge in [0, 0.05) is 13.4 Å². The maximum absolute atomic E-state index is 11.6. The average molecular weight is 304 g/mol. The molecule has 1 aliphatic rings. The van der Waals surface area contributed by atoms with Crippen LogP contribution in [0.5, 0.6) is 0 Å². The predicted molar refractivity (Wildman–Crippen MR) is 76.6 cm³/mol. The first-order chi connectivity index (χ1) is 8.91. The zero-order valence-electron chi connectivity index (χ0n) is 11.0. The molecule has 1 unspecified atom stereocenters. The second-order valence-electron chi connectivity index (χ2n) is 4.96. The molecule has 6 heteroatoms. The van der Waals surface area contributed by atoms with Crippen LogP contribution in [0, 0.1) is 5.92 Å². The number of nitrogens with one attached hydrogen (secondary N) is 1.